The molecule has 0 fully saturated rings. The van der Waals surface area contributed by atoms with Gasteiger partial charge in [0.05, 0.1) is 12.1 Å². The van der Waals surface area contributed by atoms with Gasteiger partial charge in [-0.15, -0.1) is 21.5 Å². The Morgan fingerprint density at radius 2 is 1.93 bits per heavy atom. The molecule has 6 nitrogen and oxygen atoms in total. The van der Waals surface area contributed by atoms with Crippen LogP contribution in [0.5, 0.6) is 0 Å². The fourth-order valence-corrected chi connectivity index (χ4v) is 4.75. The van der Waals surface area contributed by atoms with Gasteiger partial charge in [0.25, 0.3) is 0 Å². The Balaban J connectivity index is 2.01. The van der Waals surface area contributed by atoms with Gasteiger partial charge in [-0.2, -0.15) is 0 Å². The molecule has 8 heteroatoms. The number of amides is 1. The second-order valence-electron chi connectivity index (χ2n) is 6.78. The van der Waals surface area contributed by atoms with E-state index in [0.29, 0.717) is 10.8 Å². The third kappa shape index (κ3) is 3.04. The molecule has 0 saturated carbocycles. The molecule has 1 amide bonds. The summed E-state index contributed by atoms with van der Waals surface area (Å²) in [5.74, 6) is 1.38. The second-order valence-corrected chi connectivity index (χ2v) is 8.42. The van der Waals surface area contributed by atoms with Gasteiger partial charge in [-0.05, 0) is 38.5 Å². The van der Waals surface area contributed by atoms with Crippen LogP contribution in [0.2, 0.25) is 5.02 Å². The first-order valence-corrected chi connectivity index (χ1v) is 10.2. The molecule has 3 aromatic rings. The SMILES string of the molecule is CNC(=O)C[C@@H]1N=C(c2ccc(Cl)cc2)c2c(sc(C)c2C)-n2c(C)nnc21. The Morgan fingerprint density at radius 1 is 1.21 bits per heavy atom. The molecular formula is C20H20ClN5OS. The number of carbonyl (C=O) groups excluding carboxylic acids is 1. The number of thiophene rings is 1. The molecule has 1 atom stereocenters. The minimum Gasteiger partial charge on any atom is -0.359 e. The van der Waals surface area contributed by atoms with Crippen molar-refractivity contribution in [2.24, 2.45) is 4.99 Å². The van der Waals surface area contributed by atoms with Gasteiger partial charge < -0.3 is 5.32 Å². The lowest BCUT2D eigenvalue weighted by atomic mass is 9.99. The monoisotopic (exact) mass is 413 g/mol. The Labute approximate surface area is 172 Å². The molecule has 28 heavy (non-hydrogen) atoms. The van der Waals surface area contributed by atoms with E-state index in [2.05, 4.69) is 29.4 Å². The van der Waals surface area contributed by atoms with Crippen LogP contribution in [0.15, 0.2) is 29.3 Å². The van der Waals surface area contributed by atoms with Crippen LogP contribution in [-0.4, -0.2) is 33.4 Å². The molecule has 3 heterocycles. The van der Waals surface area contributed by atoms with E-state index >= 15 is 0 Å². The van der Waals surface area contributed by atoms with E-state index in [1.807, 2.05) is 35.8 Å². The van der Waals surface area contributed by atoms with Crippen molar-refractivity contribution in [1.29, 1.82) is 0 Å². The van der Waals surface area contributed by atoms with Crippen LogP contribution in [0.3, 0.4) is 0 Å². The van der Waals surface area contributed by atoms with Gasteiger partial charge in [0.2, 0.25) is 5.91 Å². The summed E-state index contributed by atoms with van der Waals surface area (Å²) in [6, 6.07) is 7.22. The summed E-state index contributed by atoms with van der Waals surface area (Å²) in [4.78, 5) is 18.4. The number of hydrogen-bond acceptors (Lipinski definition) is 5. The maximum Gasteiger partial charge on any atom is 0.222 e. The van der Waals surface area contributed by atoms with Gasteiger partial charge in [0.15, 0.2) is 5.82 Å². The number of benzene rings is 1. The molecule has 1 N–H and O–H groups in total. The smallest absolute Gasteiger partial charge is 0.222 e. The van der Waals surface area contributed by atoms with E-state index in [-0.39, 0.29) is 12.3 Å². The predicted molar refractivity (Wildman–Crippen MR) is 112 cm³/mol. The quantitative estimate of drug-likeness (QED) is 0.706. The second kappa shape index (κ2) is 7.14. The van der Waals surface area contributed by atoms with Crippen molar-refractivity contribution < 1.29 is 4.79 Å². The number of fused-ring (bicyclic) bond motifs is 3. The van der Waals surface area contributed by atoms with Crippen molar-refractivity contribution in [3.63, 3.8) is 0 Å². The van der Waals surface area contributed by atoms with Crippen LogP contribution in [0.1, 0.15) is 45.7 Å². The molecule has 0 radical (unpaired) electrons. The largest absolute Gasteiger partial charge is 0.359 e. The highest BCUT2D eigenvalue weighted by molar-refractivity contribution is 7.15. The van der Waals surface area contributed by atoms with E-state index in [0.717, 1.165) is 27.7 Å². The minimum absolute atomic E-state index is 0.0884. The van der Waals surface area contributed by atoms with Crippen molar-refractivity contribution in [1.82, 2.24) is 20.1 Å². The Hall–Kier alpha value is -2.51. The standard InChI is InChI=1S/C20H20ClN5OS/c1-10-11(2)28-20-17(10)18(13-5-7-14(21)8-6-13)23-15(9-16(27)22-4)19-25-24-12(3)26(19)20/h5-8,15H,9H2,1-4H3,(H,22,27)/t15-/m0/s1. The number of carbonyl (C=O) groups is 1. The Bertz CT molecular complexity index is 1100. The van der Waals surface area contributed by atoms with Crippen molar-refractivity contribution in [3.05, 3.63) is 62.5 Å². The normalized spacial score (nSPS) is 15.5. The number of aliphatic imine (C=N–C) groups is 1. The molecule has 0 bridgehead atoms. The zero-order chi connectivity index (χ0) is 20.0. The lowest BCUT2D eigenvalue weighted by Gasteiger charge is -2.12. The molecule has 0 unspecified atom stereocenters. The van der Waals surface area contributed by atoms with Gasteiger partial charge in [-0.25, -0.2) is 0 Å². The Morgan fingerprint density at radius 3 is 2.61 bits per heavy atom. The molecule has 0 spiro atoms. The van der Waals surface area contributed by atoms with E-state index in [4.69, 9.17) is 16.6 Å². The summed E-state index contributed by atoms with van der Waals surface area (Å²) < 4.78 is 2.04. The fourth-order valence-electron chi connectivity index (χ4n) is 3.41. The molecule has 2 aromatic heterocycles. The molecular weight excluding hydrogens is 394 g/mol. The van der Waals surface area contributed by atoms with Gasteiger partial charge in [-0.1, -0.05) is 23.7 Å². The van der Waals surface area contributed by atoms with Crippen molar-refractivity contribution >= 4 is 34.6 Å². The van der Waals surface area contributed by atoms with E-state index < -0.39 is 6.04 Å². The summed E-state index contributed by atoms with van der Waals surface area (Å²) >= 11 is 7.79. The lowest BCUT2D eigenvalue weighted by Crippen LogP contribution is -2.21. The zero-order valence-electron chi connectivity index (χ0n) is 16.1. The molecule has 4 rings (SSSR count). The number of nitrogens with one attached hydrogen (secondary N) is 1. The minimum atomic E-state index is -0.425. The summed E-state index contributed by atoms with van der Waals surface area (Å²) in [5, 5.41) is 13.1. The van der Waals surface area contributed by atoms with Crippen LogP contribution in [0.4, 0.5) is 0 Å². The third-order valence-corrected chi connectivity index (χ3v) is 6.46. The van der Waals surface area contributed by atoms with E-state index in [1.165, 1.54) is 10.4 Å². The van der Waals surface area contributed by atoms with Crippen LogP contribution in [0, 0.1) is 20.8 Å². The topological polar surface area (TPSA) is 72.2 Å². The first-order chi connectivity index (χ1) is 13.4. The van der Waals surface area contributed by atoms with E-state index in [1.54, 1.807) is 18.4 Å². The summed E-state index contributed by atoms with van der Waals surface area (Å²) in [5.41, 5.74) is 4.05. The van der Waals surface area contributed by atoms with Crippen LogP contribution >= 0.6 is 22.9 Å². The number of aryl methyl sites for hydroxylation is 2. The summed E-state index contributed by atoms with van der Waals surface area (Å²) in [6.07, 6.45) is 0.207. The Kier molecular flexibility index (Phi) is 4.81. The first kappa shape index (κ1) is 18.8. The number of nitrogens with zero attached hydrogens (tertiary/aromatic N) is 4. The van der Waals surface area contributed by atoms with Crippen molar-refractivity contribution in [2.45, 2.75) is 33.2 Å². The molecule has 1 aromatic carbocycles. The highest BCUT2D eigenvalue weighted by Gasteiger charge is 2.32. The number of hydrogen-bond donors (Lipinski definition) is 1. The number of rotatable bonds is 3. The van der Waals surface area contributed by atoms with Crippen molar-refractivity contribution in [2.75, 3.05) is 7.05 Å². The van der Waals surface area contributed by atoms with Crippen LogP contribution in [0.25, 0.3) is 5.00 Å². The molecule has 0 aliphatic carbocycles. The highest BCUT2D eigenvalue weighted by Crippen LogP contribution is 2.39. The first-order valence-electron chi connectivity index (χ1n) is 8.97. The fraction of sp³-hybridized carbons (Fsp3) is 0.300. The predicted octanol–water partition coefficient (Wildman–Crippen LogP) is 3.94. The van der Waals surface area contributed by atoms with E-state index in [9.17, 15) is 4.79 Å². The molecule has 0 saturated heterocycles. The molecule has 144 valence electrons. The zero-order valence-corrected chi connectivity index (χ0v) is 17.6. The summed E-state index contributed by atoms with van der Waals surface area (Å²) in [6.45, 7) is 6.14. The number of aromatic nitrogens is 3. The van der Waals surface area contributed by atoms with Gasteiger partial charge in [-0.3, -0.25) is 14.4 Å². The third-order valence-electron chi connectivity index (χ3n) is 5.01. The molecule has 1 aliphatic rings. The maximum absolute atomic E-state index is 12.2. The summed E-state index contributed by atoms with van der Waals surface area (Å²) in [7, 11) is 1.63. The average Bonchev–Trinajstić information content (AvgIpc) is 3.15. The van der Waals surface area contributed by atoms with Gasteiger partial charge >= 0.3 is 0 Å². The average molecular weight is 414 g/mol. The van der Waals surface area contributed by atoms with Crippen LogP contribution < -0.4 is 5.32 Å². The molecule has 1 aliphatic heterocycles. The lowest BCUT2D eigenvalue weighted by molar-refractivity contribution is -0.121. The number of halogens is 1. The van der Waals surface area contributed by atoms with Crippen molar-refractivity contribution in [3.8, 4) is 5.00 Å². The highest BCUT2D eigenvalue weighted by atomic mass is 35.5. The van der Waals surface area contributed by atoms with Crippen LogP contribution in [-0.2, 0) is 4.79 Å². The van der Waals surface area contributed by atoms with Gasteiger partial charge in [0.1, 0.15) is 16.9 Å². The van der Waals surface area contributed by atoms with Gasteiger partial charge in [0, 0.05) is 28.1 Å². The maximum atomic E-state index is 12.2.